The molecule has 1 aromatic carbocycles. The number of amides is 1. The molecule has 6 nitrogen and oxygen atoms in total. The predicted octanol–water partition coefficient (Wildman–Crippen LogP) is 2.61. The highest BCUT2D eigenvalue weighted by molar-refractivity contribution is 5.91. The summed E-state index contributed by atoms with van der Waals surface area (Å²) in [4.78, 5) is 20.3. The Morgan fingerprint density at radius 3 is 2.57 bits per heavy atom. The van der Waals surface area contributed by atoms with Crippen LogP contribution >= 0.6 is 0 Å². The number of hydrogen-bond acceptors (Lipinski definition) is 5. The van der Waals surface area contributed by atoms with Gasteiger partial charge in [-0.25, -0.2) is 9.97 Å². The van der Waals surface area contributed by atoms with Gasteiger partial charge >= 0.3 is 0 Å². The lowest BCUT2D eigenvalue weighted by atomic mass is 10.2. The van der Waals surface area contributed by atoms with Gasteiger partial charge in [0.25, 0.3) is 5.91 Å². The second kappa shape index (κ2) is 7.22. The maximum Gasteiger partial charge on any atom is 0.271 e. The molecule has 1 amide bonds. The van der Waals surface area contributed by atoms with Gasteiger partial charge in [-0.15, -0.1) is 0 Å². The summed E-state index contributed by atoms with van der Waals surface area (Å²) in [5, 5.41) is 5.88. The summed E-state index contributed by atoms with van der Waals surface area (Å²) in [5.41, 5.74) is 1.31. The molecule has 3 rings (SSSR count). The zero-order valence-corrected chi connectivity index (χ0v) is 12.4. The number of carbonyl (C=O) groups is 1. The Hall–Kier alpha value is -3.15. The van der Waals surface area contributed by atoms with Crippen LogP contribution in [0.15, 0.2) is 65.5 Å². The van der Waals surface area contributed by atoms with Crippen molar-refractivity contribution in [2.24, 2.45) is 0 Å². The van der Waals surface area contributed by atoms with Crippen LogP contribution < -0.4 is 10.6 Å². The summed E-state index contributed by atoms with van der Waals surface area (Å²) in [6.07, 6.45) is 4.59. The van der Waals surface area contributed by atoms with Crippen molar-refractivity contribution in [3.63, 3.8) is 0 Å². The number of nitrogens with zero attached hydrogens (tertiary/aromatic N) is 2. The van der Waals surface area contributed by atoms with Crippen LogP contribution in [0.5, 0.6) is 0 Å². The Kier molecular flexibility index (Phi) is 4.63. The Labute approximate surface area is 133 Å². The van der Waals surface area contributed by atoms with Gasteiger partial charge in [0.1, 0.15) is 17.3 Å². The first-order valence-electron chi connectivity index (χ1n) is 7.22. The van der Waals surface area contributed by atoms with Gasteiger partial charge in [0.05, 0.1) is 25.2 Å². The molecule has 2 heterocycles. The van der Waals surface area contributed by atoms with Crippen molar-refractivity contribution in [1.29, 1.82) is 0 Å². The molecule has 3 aromatic rings. The fourth-order valence-corrected chi connectivity index (χ4v) is 2.00. The van der Waals surface area contributed by atoms with Crippen LogP contribution in [-0.2, 0) is 13.1 Å². The summed E-state index contributed by atoms with van der Waals surface area (Å²) in [6.45, 7) is 0.973. The number of aromatic nitrogens is 2. The molecule has 0 radical (unpaired) electrons. The molecule has 116 valence electrons. The molecule has 2 N–H and O–H groups in total. The topological polar surface area (TPSA) is 80.0 Å². The molecule has 0 unspecified atom stereocenters. The molecule has 0 saturated carbocycles. The number of benzene rings is 1. The molecule has 0 fully saturated rings. The Morgan fingerprint density at radius 2 is 1.87 bits per heavy atom. The maximum absolute atomic E-state index is 12.0. The lowest BCUT2D eigenvalue weighted by Crippen LogP contribution is -2.24. The van der Waals surface area contributed by atoms with E-state index in [1.54, 1.807) is 6.26 Å². The van der Waals surface area contributed by atoms with E-state index in [0.29, 0.717) is 18.9 Å². The zero-order chi connectivity index (χ0) is 15.9. The van der Waals surface area contributed by atoms with Gasteiger partial charge in [-0.1, -0.05) is 30.3 Å². The van der Waals surface area contributed by atoms with Crippen molar-refractivity contribution >= 4 is 11.7 Å². The average molecular weight is 308 g/mol. The van der Waals surface area contributed by atoms with E-state index in [1.807, 2.05) is 42.5 Å². The Morgan fingerprint density at radius 1 is 1.00 bits per heavy atom. The minimum atomic E-state index is -0.251. The molecule has 0 aliphatic rings. The number of furan rings is 1. The molecule has 0 aliphatic carbocycles. The van der Waals surface area contributed by atoms with Crippen molar-refractivity contribution in [2.75, 3.05) is 5.32 Å². The van der Waals surface area contributed by atoms with E-state index in [0.717, 1.165) is 11.3 Å². The summed E-state index contributed by atoms with van der Waals surface area (Å²) in [7, 11) is 0. The van der Waals surface area contributed by atoms with Gasteiger partial charge in [0.15, 0.2) is 0 Å². The number of rotatable bonds is 6. The van der Waals surface area contributed by atoms with Gasteiger partial charge < -0.3 is 15.1 Å². The number of nitrogens with one attached hydrogen (secondary N) is 2. The Bertz CT molecular complexity index is 740. The molecule has 0 atom stereocenters. The fourth-order valence-electron chi connectivity index (χ4n) is 2.00. The van der Waals surface area contributed by atoms with Crippen LogP contribution in [0, 0.1) is 0 Å². The van der Waals surface area contributed by atoms with E-state index in [1.165, 1.54) is 12.4 Å². The molecule has 6 heteroatoms. The van der Waals surface area contributed by atoms with Crippen molar-refractivity contribution in [3.05, 3.63) is 78.1 Å². The van der Waals surface area contributed by atoms with Crippen LogP contribution in [0.3, 0.4) is 0 Å². The second-order valence-corrected chi connectivity index (χ2v) is 4.89. The van der Waals surface area contributed by atoms with Crippen LogP contribution in [-0.4, -0.2) is 15.9 Å². The van der Waals surface area contributed by atoms with Crippen molar-refractivity contribution < 1.29 is 9.21 Å². The van der Waals surface area contributed by atoms with Crippen molar-refractivity contribution in [3.8, 4) is 0 Å². The molecular formula is C17H16N4O2. The zero-order valence-electron chi connectivity index (χ0n) is 12.4. The van der Waals surface area contributed by atoms with Crippen molar-refractivity contribution in [2.45, 2.75) is 13.1 Å². The molecule has 0 bridgehead atoms. The quantitative estimate of drug-likeness (QED) is 0.731. The SMILES string of the molecule is O=C(NCc1ccccc1)c1cnc(NCc2ccco2)cn1. The van der Waals surface area contributed by atoms with Gasteiger partial charge in [0.2, 0.25) is 0 Å². The smallest absolute Gasteiger partial charge is 0.271 e. The largest absolute Gasteiger partial charge is 0.467 e. The highest BCUT2D eigenvalue weighted by Gasteiger charge is 2.07. The normalized spacial score (nSPS) is 10.3. The van der Waals surface area contributed by atoms with Gasteiger partial charge in [-0.05, 0) is 17.7 Å². The predicted molar refractivity (Wildman–Crippen MR) is 85.7 cm³/mol. The molecule has 0 aliphatic heterocycles. The van der Waals surface area contributed by atoms with Crippen LogP contribution in [0.1, 0.15) is 21.8 Å². The molecule has 0 spiro atoms. The monoisotopic (exact) mass is 308 g/mol. The van der Waals surface area contributed by atoms with Crippen LogP contribution in [0.4, 0.5) is 5.82 Å². The molecule has 0 saturated heterocycles. The third kappa shape index (κ3) is 4.16. The van der Waals surface area contributed by atoms with Gasteiger partial charge in [-0.3, -0.25) is 4.79 Å². The maximum atomic E-state index is 12.0. The van der Waals surface area contributed by atoms with Gasteiger partial charge in [0, 0.05) is 6.54 Å². The van der Waals surface area contributed by atoms with Crippen molar-refractivity contribution in [1.82, 2.24) is 15.3 Å². The van der Waals surface area contributed by atoms with Crippen LogP contribution in [0.25, 0.3) is 0 Å². The van der Waals surface area contributed by atoms with E-state index in [4.69, 9.17) is 4.42 Å². The standard InChI is InChI=1S/C17H16N4O2/c22-17(21-9-13-5-2-1-3-6-13)15-11-20-16(12-18-15)19-10-14-7-4-8-23-14/h1-8,11-12H,9-10H2,(H,19,20)(H,21,22). The summed E-state index contributed by atoms with van der Waals surface area (Å²) in [6, 6.07) is 13.4. The summed E-state index contributed by atoms with van der Waals surface area (Å²) in [5.74, 6) is 1.14. The first kappa shape index (κ1) is 14.8. The van der Waals surface area contributed by atoms with Gasteiger partial charge in [-0.2, -0.15) is 0 Å². The third-order valence-corrected chi connectivity index (χ3v) is 3.20. The Balaban J connectivity index is 1.53. The highest BCUT2D eigenvalue weighted by atomic mass is 16.3. The fraction of sp³-hybridized carbons (Fsp3) is 0.118. The molecule has 23 heavy (non-hydrogen) atoms. The van der Waals surface area contributed by atoms with E-state index in [-0.39, 0.29) is 11.6 Å². The minimum Gasteiger partial charge on any atom is -0.467 e. The first-order valence-corrected chi connectivity index (χ1v) is 7.22. The molecule has 2 aromatic heterocycles. The van der Waals surface area contributed by atoms with E-state index >= 15 is 0 Å². The second-order valence-electron chi connectivity index (χ2n) is 4.89. The first-order chi connectivity index (χ1) is 11.3. The number of anilines is 1. The minimum absolute atomic E-state index is 0.251. The summed E-state index contributed by atoms with van der Waals surface area (Å²) >= 11 is 0. The molecular weight excluding hydrogens is 292 g/mol. The average Bonchev–Trinajstić information content (AvgIpc) is 3.13. The summed E-state index contributed by atoms with van der Waals surface area (Å²) < 4.78 is 5.22. The number of carbonyl (C=O) groups excluding carboxylic acids is 1. The van der Waals surface area contributed by atoms with E-state index < -0.39 is 0 Å². The highest BCUT2D eigenvalue weighted by Crippen LogP contribution is 2.06. The third-order valence-electron chi connectivity index (χ3n) is 3.20. The van der Waals surface area contributed by atoms with Crippen LogP contribution in [0.2, 0.25) is 0 Å². The number of hydrogen-bond donors (Lipinski definition) is 2. The van der Waals surface area contributed by atoms with E-state index in [9.17, 15) is 4.79 Å². The lowest BCUT2D eigenvalue weighted by molar-refractivity contribution is 0.0945. The van der Waals surface area contributed by atoms with E-state index in [2.05, 4.69) is 20.6 Å². The lowest BCUT2D eigenvalue weighted by Gasteiger charge is -2.06.